The number of nitrogens with one attached hydrogen (secondary N) is 1. The Kier molecular flexibility index (Phi) is 7.49. The van der Waals surface area contributed by atoms with E-state index in [9.17, 15) is 14.9 Å². The van der Waals surface area contributed by atoms with Crippen LogP contribution in [0.1, 0.15) is 34.1 Å². The fourth-order valence-electron chi connectivity index (χ4n) is 5.67. The summed E-state index contributed by atoms with van der Waals surface area (Å²) in [7, 11) is 0. The summed E-state index contributed by atoms with van der Waals surface area (Å²) in [5, 5.41) is 24.9. The summed E-state index contributed by atoms with van der Waals surface area (Å²) < 4.78 is 1.81. The molecule has 1 saturated heterocycles. The second-order valence-corrected chi connectivity index (χ2v) is 10.8. The van der Waals surface area contributed by atoms with Crippen LogP contribution in [-0.2, 0) is 13.0 Å². The average molecular weight is 565 g/mol. The molecule has 1 aliphatic heterocycles. The van der Waals surface area contributed by atoms with Gasteiger partial charge in [-0.25, -0.2) is 4.68 Å². The number of hydrogen-bond donors (Lipinski definition) is 1. The van der Waals surface area contributed by atoms with E-state index in [1.165, 1.54) is 17.7 Å². The Hall–Kier alpha value is -4.90. The van der Waals surface area contributed by atoms with Crippen molar-refractivity contribution in [2.45, 2.75) is 32.9 Å². The van der Waals surface area contributed by atoms with Crippen molar-refractivity contribution >= 4 is 22.3 Å². The normalized spacial score (nSPS) is 14.8. The van der Waals surface area contributed by atoms with Gasteiger partial charge < -0.3 is 9.88 Å². The number of anilines is 1. The summed E-state index contributed by atoms with van der Waals surface area (Å²) in [6.07, 6.45) is 0.756. The standard InChI is InChI=1S/C31H32N8O3/c1-21-18-24-20-27(31(40)32-28(24)19-22(21)2)29(30-33-34-35-38(30)13-12-23-6-4-3-5-7-23)37-16-14-36(15-17-37)25-8-10-26(11-9-25)39(41)42/h3-11,18-20,29H,12-17H2,1-2H3,(H,32,40). The van der Waals surface area contributed by atoms with Crippen molar-refractivity contribution in [2.24, 2.45) is 0 Å². The van der Waals surface area contributed by atoms with Gasteiger partial charge >= 0.3 is 0 Å². The van der Waals surface area contributed by atoms with Gasteiger partial charge in [0.1, 0.15) is 6.04 Å². The Bertz CT molecular complexity index is 1770. The van der Waals surface area contributed by atoms with E-state index in [1.807, 2.05) is 41.9 Å². The van der Waals surface area contributed by atoms with Crippen LogP contribution in [-0.4, -0.2) is 61.2 Å². The topological polar surface area (TPSA) is 126 Å². The van der Waals surface area contributed by atoms with Crippen molar-refractivity contribution in [3.63, 3.8) is 0 Å². The summed E-state index contributed by atoms with van der Waals surface area (Å²) in [6.45, 7) is 7.35. The number of fused-ring (bicyclic) bond motifs is 1. The second kappa shape index (κ2) is 11.5. The third-order valence-electron chi connectivity index (χ3n) is 8.15. The van der Waals surface area contributed by atoms with Crippen LogP contribution in [0.15, 0.2) is 77.6 Å². The van der Waals surface area contributed by atoms with Crippen molar-refractivity contribution in [1.29, 1.82) is 0 Å². The summed E-state index contributed by atoms with van der Waals surface area (Å²) in [6, 6.07) is 22.5. The van der Waals surface area contributed by atoms with E-state index >= 15 is 0 Å². The summed E-state index contributed by atoms with van der Waals surface area (Å²) in [5.41, 5.74) is 5.70. The largest absolute Gasteiger partial charge is 0.369 e. The number of aromatic amines is 1. The first kappa shape index (κ1) is 27.3. The molecule has 6 rings (SSSR count). The number of nitrogens with zero attached hydrogens (tertiary/aromatic N) is 7. The Morgan fingerprint density at radius 2 is 1.67 bits per heavy atom. The predicted octanol–water partition coefficient (Wildman–Crippen LogP) is 4.19. The van der Waals surface area contributed by atoms with Crippen LogP contribution < -0.4 is 10.5 Å². The number of piperazine rings is 1. The molecule has 1 N–H and O–H groups in total. The number of benzene rings is 3. The lowest BCUT2D eigenvalue weighted by Crippen LogP contribution is -2.49. The summed E-state index contributed by atoms with van der Waals surface area (Å²) in [4.78, 5) is 31.9. The molecular formula is C31H32N8O3. The van der Waals surface area contributed by atoms with Crippen molar-refractivity contribution in [3.05, 3.63) is 121 Å². The third kappa shape index (κ3) is 5.51. The van der Waals surface area contributed by atoms with Crippen LogP contribution in [0.3, 0.4) is 0 Å². The zero-order valence-corrected chi connectivity index (χ0v) is 23.6. The molecule has 2 aromatic heterocycles. The van der Waals surface area contributed by atoms with E-state index < -0.39 is 11.0 Å². The molecule has 214 valence electrons. The summed E-state index contributed by atoms with van der Waals surface area (Å²) in [5.74, 6) is 0.628. The number of pyridine rings is 1. The molecule has 0 aliphatic carbocycles. The first-order valence-electron chi connectivity index (χ1n) is 14.0. The van der Waals surface area contributed by atoms with Crippen molar-refractivity contribution in [1.82, 2.24) is 30.1 Å². The summed E-state index contributed by atoms with van der Waals surface area (Å²) >= 11 is 0. The highest BCUT2D eigenvalue weighted by Gasteiger charge is 2.33. The van der Waals surface area contributed by atoms with Gasteiger partial charge in [0.2, 0.25) is 0 Å². The number of hydrogen-bond acceptors (Lipinski definition) is 8. The van der Waals surface area contributed by atoms with E-state index in [0.717, 1.165) is 34.1 Å². The Morgan fingerprint density at radius 3 is 2.38 bits per heavy atom. The molecule has 3 aromatic carbocycles. The van der Waals surface area contributed by atoms with E-state index in [1.54, 1.807) is 12.1 Å². The van der Waals surface area contributed by atoms with Gasteiger partial charge in [0.05, 0.1) is 4.92 Å². The molecule has 11 heteroatoms. The molecule has 0 saturated carbocycles. The number of tetrazole rings is 1. The van der Waals surface area contributed by atoms with Crippen molar-refractivity contribution in [2.75, 3.05) is 31.1 Å². The van der Waals surface area contributed by atoms with Gasteiger partial charge in [-0.05, 0) is 83.1 Å². The lowest BCUT2D eigenvalue weighted by Gasteiger charge is -2.39. The zero-order valence-electron chi connectivity index (χ0n) is 23.6. The molecule has 0 radical (unpaired) electrons. The van der Waals surface area contributed by atoms with Crippen LogP contribution >= 0.6 is 0 Å². The number of H-pyrrole nitrogens is 1. The molecule has 0 spiro atoms. The number of non-ortho nitro benzene ring substituents is 1. The van der Waals surface area contributed by atoms with E-state index in [0.29, 0.717) is 44.1 Å². The number of nitro benzene ring substituents is 1. The molecule has 42 heavy (non-hydrogen) atoms. The van der Waals surface area contributed by atoms with Crippen molar-refractivity contribution in [3.8, 4) is 0 Å². The maximum absolute atomic E-state index is 13.6. The zero-order chi connectivity index (χ0) is 29.2. The van der Waals surface area contributed by atoms with Gasteiger partial charge in [0, 0.05) is 61.6 Å². The third-order valence-corrected chi connectivity index (χ3v) is 8.15. The fourth-order valence-corrected chi connectivity index (χ4v) is 5.67. The number of aryl methyl sites for hydroxylation is 4. The molecule has 1 unspecified atom stereocenters. The molecule has 1 aliphatic rings. The van der Waals surface area contributed by atoms with E-state index in [2.05, 4.69) is 55.4 Å². The van der Waals surface area contributed by atoms with Gasteiger partial charge in [-0.2, -0.15) is 0 Å². The van der Waals surface area contributed by atoms with Gasteiger partial charge in [0.15, 0.2) is 5.82 Å². The molecular weight excluding hydrogens is 532 g/mol. The maximum Gasteiger partial charge on any atom is 0.269 e. The van der Waals surface area contributed by atoms with E-state index in [4.69, 9.17) is 0 Å². The molecule has 1 atom stereocenters. The van der Waals surface area contributed by atoms with Gasteiger partial charge in [0.25, 0.3) is 11.2 Å². The number of aromatic nitrogens is 5. The SMILES string of the molecule is Cc1cc2cc(C(c3nnnn3CCc3ccccc3)N3CCN(c4ccc([N+](=O)[O-])cc4)CC3)c(=O)[nH]c2cc1C. The molecule has 5 aromatic rings. The first-order chi connectivity index (χ1) is 20.4. The molecule has 0 bridgehead atoms. The Labute approximate surface area is 242 Å². The van der Waals surface area contributed by atoms with Crippen LogP contribution in [0.2, 0.25) is 0 Å². The lowest BCUT2D eigenvalue weighted by molar-refractivity contribution is -0.384. The first-order valence-corrected chi connectivity index (χ1v) is 14.0. The second-order valence-electron chi connectivity index (χ2n) is 10.8. The highest BCUT2D eigenvalue weighted by atomic mass is 16.6. The van der Waals surface area contributed by atoms with Crippen LogP contribution in [0, 0.1) is 24.0 Å². The highest BCUT2D eigenvalue weighted by molar-refractivity contribution is 5.81. The van der Waals surface area contributed by atoms with Crippen molar-refractivity contribution < 1.29 is 4.92 Å². The molecule has 11 nitrogen and oxygen atoms in total. The van der Waals surface area contributed by atoms with Gasteiger partial charge in [-0.15, -0.1) is 5.10 Å². The van der Waals surface area contributed by atoms with Crippen LogP contribution in [0.5, 0.6) is 0 Å². The fraction of sp³-hybridized carbons (Fsp3) is 0.290. The highest BCUT2D eigenvalue weighted by Crippen LogP contribution is 2.30. The van der Waals surface area contributed by atoms with Gasteiger partial charge in [-0.3, -0.25) is 19.8 Å². The average Bonchev–Trinajstić information content (AvgIpc) is 3.46. The predicted molar refractivity (Wildman–Crippen MR) is 161 cm³/mol. The smallest absolute Gasteiger partial charge is 0.269 e. The Morgan fingerprint density at radius 1 is 0.952 bits per heavy atom. The van der Waals surface area contributed by atoms with Gasteiger partial charge in [-0.1, -0.05) is 30.3 Å². The maximum atomic E-state index is 13.6. The van der Waals surface area contributed by atoms with Crippen LogP contribution in [0.25, 0.3) is 10.9 Å². The molecule has 3 heterocycles. The minimum absolute atomic E-state index is 0.0701. The lowest BCUT2D eigenvalue weighted by atomic mass is 10.00. The Balaban J connectivity index is 1.34. The number of rotatable bonds is 8. The minimum atomic E-state index is -0.454. The van der Waals surface area contributed by atoms with E-state index in [-0.39, 0.29) is 11.2 Å². The monoisotopic (exact) mass is 564 g/mol. The van der Waals surface area contributed by atoms with Crippen LogP contribution in [0.4, 0.5) is 11.4 Å². The minimum Gasteiger partial charge on any atom is -0.369 e. The molecule has 0 amide bonds. The quantitative estimate of drug-likeness (QED) is 0.220. The molecule has 1 fully saturated rings. The number of nitro groups is 1.